The molecule has 2 aromatic rings. The molecule has 1 amide bonds. The predicted octanol–water partition coefficient (Wildman–Crippen LogP) is 3.30. The zero-order chi connectivity index (χ0) is 21.3. The van der Waals surface area contributed by atoms with Gasteiger partial charge in [-0.15, -0.1) is 0 Å². The number of hydrogen-bond acceptors (Lipinski definition) is 3. The lowest BCUT2D eigenvalue weighted by molar-refractivity contribution is 0.0705. The van der Waals surface area contributed by atoms with Gasteiger partial charge in [-0.2, -0.15) is 0 Å². The minimum atomic E-state index is -3.72. The van der Waals surface area contributed by atoms with E-state index in [1.54, 1.807) is 26.0 Å². The molecule has 2 aromatic carbocycles. The molecule has 1 aliphatic rings. The van der Waals surface area contributed by atoms with Crippen molar-refractivity contribution in [3.8, 4) is 0 Å². The van der Waals surface area contributed by atoms with Crippen molar-refractivity contribution in [2.45, 2.75) is 37.6 Å². The van der Waals surface area contributed by atoms with Crippen LogP contribution in [-0.4, -0.2) is 38.4 Å². The van der Waals surface area contributed by atoms with E-state index in [4.69, 9.17) is 0 Å². The molecule has 29 heavy (non-hydrogen) atoms. The summed E-state index contributed by atoms with van der Waals surface area (Å²) in [5.41, 5.74) is 0.910. The molecule has 0 radical (unpaired) electrons. The van der Waals surface area contributed by atoms with Crippen LogP contribution in [0.15, 0.2) is 35.2 Å². The second kappa shape index (κ2) is 8.16. The molecular formula is C20H21F3N2O3S. The highest BCUT2D eigenvalue weighted by molar-refractivity contribution is 7.89. The van der Waals surface area contributed by atoms with E-state index in [2.05, 4.69) is 4.72 Å². The Hall–Kier alpha value is -2.39. The molecule has 5 nitrogen and oxygen atoms in total. The number of aryl methyl sites for hydroxylation is 2. The van der Waals surface area contributed by atoms with Gasteiger partial charge in [0.2, 0.25) is 10.0 Å². The van der Waals surface area contributed by atoms with Gasteiger partial charge in [0.25, 0.3) is 5.91 Å². The number of carbonyl (C=O) groups is 1. The molecular weight excluding hydrogens is 405 g/mol. The molecule has 1 saturated heterocycles. The number of benzene rings is 2. The maximum atomic E-state index is 13.9. The largest absolute Gasteiger partial charge is 0.338 e. The SMILES string of the molecule is Cc1ccc(C)c(S(=O)(=O)NC2CCN(C(=O)c3ccc(F)c(F)c3F)CC2)c1. The van der Waals surface area contributed by atoms with E-state index < -0.39 is 45.0 Å². The molecule has 3 rings (SSSR count). The van der Waals surface area contributed by atoms with Crippen LogP contribution in [-0.2, 0) is 10.0 Å². The number of halogens is 3. The first-order chi connectivity index (χ1) is 13.6. The average Bonchev–Trinajstić information content (AvgIpc) is 2.68. The number of piperidine rings is 1. The van der Waals surface area contributed by atoms with Crippen molar-refractivity contribution < 1.29 is 26.4 Å². The minimum absolute atomic E-state index is 0.164. The molecule has 0 aromatic heterocycles. The van der Waals surface area contributed by atoms with Crippen molar-refractivity contribution in [1.29, 1.82) is 0 Å². The van der Waals surface area contributed by atoms with Crippen molar-refractivity contribution in [3.05, 3.63) is 64.5 Å². The number of amides is 1. The zero-order valence-electron chi connectivity index (χ0n) is 16.0. The number of rotatable bonds is 4. The number of hydrogen-bond donors (Lipinski definition) is 1. The van der Waals surface area contributed by atoms with Crippen LogP contribution in [0.2, 0.25) is 0 Å². The first-order valence-corrected chi connectivity index (χ1v) is 10.6. The summed E-state index contributed by atoms with van der Waals surface area (Å²) >= 11 is 0. The highest BCUT2D eigenvalue weighted by Gasteiger charge is 2.29. The van der Waals surface area contributed by atoms with E-state index >= 15 is 0 Å². The van der Waals surface area contributed by atoms with Crippen LogP contribution in [0.1, 0.15) is 34.3 Å². The van der Waals surface area contributed by atoms with Gasteiger partial charge in [-0.05, 0) is 56.0 Å². The van der Waals surface area contributed by atoms with Crippen molar-refractivity contribution in [3.63, 3.8) is 0 Å². The lowest BCUT2D eigenvalue weighted by Crippen LogP contribution is -2.46. The maximum Gasteiger partial charge on any atom is 0.256 e. The molecule has 156 valence electrons. The van der Waals surface area contributed by atoms with Crippen LogP contribution in [0.5, 0.6) is 0 Å². The van der Waals surface area contributed by atoms with Crippen LogP contribution in [0.25, 0.3) is 0 Å². The van der Waals surface area contributed by atoms with Gasteiger partial charge in [-0.1, -0.05) is 12.1 Å². The number of sulfonamides is 1. The molecule has 0 saturated carbocycles. The fourth-order valence-corrected chi connectivity index (χ4v) is 4.98. The minimum Gasteiger partial charge on any atom is -0.338 e. The average molecular weight is 426 g/mol. The van der Waals surface area contributed by atoms with E-state index in [1.165, 1.54) is 4.90 Å². The standard InChI is InChI=1S/C20H21F3N2O3S/c1-12-3-4-13(2)17(11-12)29(27,28)24-14-7-9-25(10-8-14)20(26)15-5-6-16(21)19(23)18(15)22/h3-6,11,14,24H,7-10H2,1-2H3. The first kappa shape index (κ1) is 21.3. The maximum absolute atomic E-state index is 13.9. The third-order valence-electron chi connectivity index (χ3n) is 5.00. The van der Waals surface area contributed by atoms with Crippen molar-refractivity contribution >= 4 is 15.9 Å². The van der Waals surface area contributed by atoms with Crippen LogP contribution >= 0.6 is 0 Å². The van der Waals surface area contributed by atoms with E-state index in [9.17, 15) is 26.4 Å². The highest BCUT2D eigenvalue weighted by Crippen LogP contribution is 2.22. The summed E-state index contributed by atoms with van der Waals surface area (Å²) < 4.78 is 68.4. The van der Waals surface area contributed by atoms with Crippen LogP contribution in [0.3, 0.4) is 0 Å². The molecule has 0 aliphatic carbocycles. The van der Waals surface area contributed by atoms with Gasteiger partial charge in [-0.25, -0.2) is 26.3 Å². The third kappa shape index (κ3) is 4.45. The Morgan fingerprint density at radius 3 is 2.34 bits per heavy atom. The van der Waals surface area contributed by atoms with E-state index in [-0.39, 0.29) is 18.0 Å². The summed E-state index contributed by atoms with van der Waals surface area (Å²) in [6, 6.07) is 6.39. The second-order valence-electron chi connectivity index (χ2n) is 7.18. The Morgan fingerprint density at radius 2 is 1.69 bits per heavy atom. The van der Waals surface area contributed by atoms with E-state index in [0.29, 0.717) is 24.5 Å². The Kier molecular flexibility index (Phi) is 6.00. The summed E-state index contributed by atoms with van der Waals surface area (Å²) in [7, 11) is -3.72. The van der Waals surface area contributed by atoms with Gasteiger partial charge in [0.05, 0.1) is 10.5 Å². The van der Waals surface area contributed by atoms with Gasteiger partial charge in [0.1, 0.15) is 0 Å². The Morgan fingerprint density at radius 1 is 1.03 bits per heavy atom. The smallest absolute Gasteiger partial charge is 0.256 e. The molecule has 1 fully saturated rings. The van der Waals surface area contributed by atoms with Gasteiger partial charge in [0, 0.05) is 19.1 Å². The van der Waals surface area contributed by atoms with Gasteiger partial charge in [0.15, 0.2) is 17.5 Å². The lowest BCUT2D eigenvalue weighted by Gasteiger charge is -2.32. The van der Waals surface area contributed by atoms with E-state index in [1.807, 2.05) is 6.07 Å². The first-order valence-electron chi connectivity index (χ1n) is 9.12. The zero-order valence-corrected chi connectivity index (χ0v) is 16.8. The Bertz CT molecular complexity index is 1050. The number of nitrogens with one attached hydrogen (secondary N) is 1. The molecule has 0 unspecified atom stereocenters. The fourth-order valence-electron chi connectivity index (χ4n) is 3.34. The highest BCUT2D eigenvalue weighted by atomic mass is 32.2. The summed E-state index contributed by atoms with van der Waals surface area (Å²) in [4.78, 5) is 13.9. The Labute approximate surface area is 167 Å². The number of likely N-dealkylation sites (tertiary alicyclic amines) is 1. The second-order valence-corrected chi connectivity index (χ2v) is 8.86. The van der Waals surface area contributed by atoms with Crippen LogP contribution in [0, 0.1) is 31.3 Å². The summed E-state index contributed by atoms with van der Waals surface area (Å²) in [5.74, 6) is -5.32. The molecule has 0 bridgehead atoms. The molecule has 1 aliphatic heterocycles. The predicted molar refractivity (Wildman–Crippen MR) is 101 cm³/mol. The number of nitrogens with zero attached hydrogens (tertiary/aromatic N) is 1. The van der Waals surface area contributed by atoms with Gasteiger partial charge in [-0.3, -0.25) is 4.79 Å². The lowest BCUT2D eigenvalue weighted by atomic mass is 10.0. The van der Waals surface area contributed by atoms with Crippen molar-refractivity contribution in [2.24, 2.45) is 0 Å². The molecule has 1 heterocycles. The van der Waals surface area contributed by atoms with Crippen LogP contribution in [0.4, 0.5) is 13.2 Å². The fraction of sp³-hybridized carbons (Fsp3) is 0.350. The van der Waals surface area contributed by atoms with Gasteiger partial charge < -0.3 is 4.90 Å². The molecule has 1 N–H and O–H groups in total. The normalized spacial score (nSPS) is 15.6. The quantitative estimate of drug-likeness (QED) is 0.763. The summed E-state index contributed by atoms with van der Waals surface area (Å²) in [6.45, 7) is 3.85. The summed E-state index contributed by atoms with van der Waals surface area (Å²) in [6.07, 6.45) is 0.641. The number of carbonyl (C=O) groups excluding carboxylic acids is 1. The monoisotopic (exact) mass is 426 g/mol. The summed E-state index contributed by atoms with van der Waals surface area (Å²) in [5, 5.41) is 0. The van der Waals surface area contributed by atoms with E-state index in [0.717, 1.165) is 11.6 Å². The molecule has 0 atom stereocenters. The Balaban J connectivity index is 1.67. The third-order valence-corrected chi connectivity index (χ3v) is 6.67. The van der Waals surface area contributed by atoms with Crippen molar-refractivity contribution in [2.75, 3.05) is 13.1 Å². The van der Waals surface area contributed by atoms with Gasteiger partial charge >= 0.3 is 0 Å². The molecule has 0 spiro atoms. The molecule has 9 heteroatoms. The topological polar surface area (TPSA) is 66.5 Å². The van der Waals surface area contributed by atoms with Crippen LogP contribution < -0.4 is 4.72 Å². The van der Waals surface area contributed by atoms with Crippen molar-refractivity contribution in [1.82, 2.24) is 9.62 Å².